The van der Waals surface area contributed by atoms with Gasteiger partial charge in [0.05, 0.1) is 11.3 Å². The van der Waals surface area contributed by atoms with Gasteiger partial charge in [-0.1, -0.05) is 36.4 Å². The van der Waals surface area contributed by atoms with Crippen LogP contribution in [0, 0.1) is 6.92 Å². The molecule has 0 aliphatic carbocycles. The smallest absolute Gasteiger partial charge is 0.404 e. The number of hydrogen-bond donors (Lipinski definition) is 4. The molecule has 11 heteroatoms. The molecule has 0 radical (unpaired) electrons. The van der Waals surface area contributed by atoms with Crippen molar-refractivity contribution >= 4 is 6.09 Å². The number of ether oxygens (including phenoxy) is 1. The van der Waals surface area contributed by atoms with Crippen LogP contribution in [0.5, 0.6) is 11.5 Å². The Morgan fingerprint density at radius 3 is 2.21 bits per heavy atom. The lowest BCUT2D eigenvalue weighted by atomic mass is 10.1. The minimum Gasteiger partial charge on any atom is -0.508 e. The third-order valence-corrected chi connectivity index (χ3v) is 7.57. The molecule has 1 aliphatic rings. The van der Waals surface area contributed by atoms with Gasteiger partial charge in [-0.05, 0) is 67.3 Å². The number of carbonyl (C=O) groups is 1. The lowest BCUT2D eigenvalue weighted by Gasteiger charge is -2.31. The molecule has 3 aromatic carbocycles. The first-order valence-corrected chi connectivity index (χ1v) is 13.9. The number of likely N-dealkylation sites (tertiary alicyclic amines) is 1. The molecule has 1 aliphatic heterocycles. The van der Waals surface area contributed by atoms with E-state index in [4.69, 9.17) is 10.5 Å². The number of piperidine rings is 1. The number of primary amides is 1. The van der Waals surface area contributed by atoms with E-state index in [1.54, 1.807) is 13.0 Å². The summed E-state index contributed by atoms with van der Waals surface area (Å²) in [5.41, 5.74) is 9.77. The minimum absolute atomic E-state index is 0.0315. The van der Waals surface area contributed by atoms with Gasteiger partial charge in [-0.15, -0.1) is 0 Å². The molecule has 0 unspecified atom stereocenters. The van der Waals surface area contributed by atoms with Crippen molar-refractivity contribution < 1.29 is 19.7 Å². The van der Waals surface area contributed by atoms with Crippen molar-refractivity contribution in [3.8, 4) is 28.6 Å². The number of carbonyl (C=O) groups excluding carboxylic acids is 1. The fourth-order valence-electron chi connectivity index (χ4n) is 5.37. The predicted octanol–water partition coefficient (Wildman–Crippen LogP) is 3.64. The summed E-state index contributed by atoms with van der Waals surface area (Å²) in [5.74, 6) is 0.0628. The highest BCUT2D eigenvalue weighted by atomic mass is 16.6. The van der Waals surface area contributed by atoms with Crippen LogP contribution in [-0.2, 0) is 24.4 Å². The molecule has 220 valence electrons. The highest BCUT2D eigenvalue weighted by Crippen LogP contribution is 2.34. The van der Waals surface area contributed by atoms with E-state index in [2.05, 4.69) is 51.3 Å². The molecule has 0 atom stereocenters. The molecule has 0 saturated carbocycles. The van der Waals surface area contributed by atoms with Crippen LogP contribution in [0.4, 0.5) is 4.79 Å². The zero-order valence-corrected chi connectivity index (χ0v) is 23.8. The van der Waals surface area contributed by atoms with Gasteiger partial charge in [-0.3, -0.25) is 9.80 Å². The van der Waals surface area contributed by atoms with Crippen LogP contribution < -0.4 is 11.4 Å². The van der Waals surface area contributed by atoms with E-state index in [9.17, 15) is 19.8 Å². The molecule has 5 N–H and O–H groups in total. The molecule has 42 heavy (non-hydrogen) atoms. The van der Waals surface area contributed by atoms with Gasteiger partial charge >= 0.3 is 11.8 Å². The molecule has 11 nitrogen and oxygen atoms in total. The van der Waals surface area contributed by atoms with Crippen molar-refractivity contribution in [1.29, 1.82) is 0 Å². The number of phenolic OH excluding ortho intramolecular Hbond substituents is 2. The Balaban J connectivity index is 1.17. The van der Waals surface area contributed by atoms with Gasteiger partial charge < -0.3 is 20.7 Å². The summed E-state index contributed by atoms with van der Waals surface area (Å²) in [5, 5.41) is 26.8. The first kappa shape index (κ1) is 28.9. The third-order valence-electron chi connectivity index (χ3n) is 7.57. The average molecular weight is 573 g/mol. The number of benzene rings is 3. The second-order valence-corrected chi connectivity index (χ2v) is 10.9. The molecular weight excluding hydrogens is 536 g/mol. The van der Waals surface area contributed by atoms with Crippen LogP contribution in [0.3, 0.4) is 0 Å². The van der Waals surface area contributed by atoms with Crippen molar-refractivity contribution in [2.24, 2.45) is 5.73 Å². The van der Waals surface area contributed by atoms with E-state index in [0.717, 1.165) is 51.1 Å². The third kappa shape index (κ3) is 6.81. The fraction of sp³-hybridized carbons (Fsp3) is 0.323. The van der Waals surface area contributed by atoms with Crippen LogP contribution in [0.15, 0.2) is 65.5 Å². The maximum Gasteiger partial charge on any atom is 0.404 e. The number of nitrogens with one attached hydrogen (secondary N) is 1. The SMILES string of the molecule is Cc1cc(-c2n[nH]c(=O)n2-c2ccc(CN(C)Cc3ccc(CN4CCC(OC(N)=O)CC4)cc3)cc2)c(O)cc1O. The molecule has 0 spiro atoms. The highest BCUT2D eigenvalue weighted by Gasteiger charge is 2.21. The Kier molecular flexibility index (Phi) is 8.60. The number of hydrogen-bond acceptors (Lipinski definition) is 8. The van der Waals surface area contributed by atoms with E-state index in [1.807, 2.05) is 24.3 Å². The first-order valence-electron chi connectivity index (χ1n) is 13.9. The molecule has 4 aromatic rings. The number of aromatic hydroxyl groups is 2. The van der Waals surface area contributed by atoms with E-state index in [0.29, 0.717) is 16.8 Å². The fourth-order valence-corrected chi connectivity index (χ4v) is 5.37. The normalized spacial score (nSPS) is 14.4. The summed E-state index contributed by atoms with van der Waals surface area (Å²) >= 11 is 0. The number of aromatic nitrogens is 3. The highest BCUT2D eigenvalue weighted by molar-refractivity contribution is 5.68. The Bertz CT molecular complexity index is 1590. The summed E-state index contributed by atoms with van der Waals surface area (Å²) in [6.45, 7) is 5.81. The topological polar surface area (TPSA) is 150 Å². The van der Waals surface area contributed by atoms with Crippen molar-refractivity contribution in [3.63, 3.8) is 0 Å². The average Bonchev–Trinajstić information content (AvgIpc) is 3.34. The number of aromatic amines is 1. The van der Waals surface area contributed by atoms with Crippen LogP contribution in [-0.4, -0.2) is 67.1 Å². The largest absolute Gasteiger partial charge is 0.508 e. The minimum atomic E-state index is -0.699. The Hall–Kier alpha value is -4.61. The van der Waals surface area contributed by atoms with Crippen molar-refractivity contribution in [2.75, 3.05) is 20.1 Å². The van der Waals surface area contributed by atoms with E-state index >= 15 is 0 Å². The second-order valence-electron chi connectivity index (χ2n) is 10.9. The van der Waals surface area contributed by atoms with Gasteiger partial charge in [0.1, 0.15) is 17.6 Å². The number of nitrogens with two attached hydrogens (primary N) is 1. The van der Waals surface area contributed by atoms with Crippen molar-refractivity contribution in [1.82, 2.24) is 24.6 Å². The predicted molar refractivity (Wildman–Crippen MR) is 158 cm³/mol. The maximum atomic E-state index is 12.6. The number of aryl methyl sites for hydroxylation is 1. The van der Waals surface area contributed by atoms with E-state index in [-0.39, 0.29) is 23.4 Å². The zero-order chi connectivity index (χ0) is 29.8. The van der Waals surface area contributed by atoms with Crippen molar-refractivity contribution in [2.45, 2.75) is 45.5 Å². The van der Waals surface area contributed by atoms with E-state index < -0.39 is 11.8 Å². The first-order chi connectivity index (χ1) is 20.2. The lowest BCUT2D eigenvalue weighted by Crippen LogP contribution is -2.38. The van der Waals surface area contributed by atoms with Gasteiger partial charge in [0.2, 0.25) is 0 Å². The number of H-pyrrole nitrogens is 1. The lowest BCUT2D eigenvalue weighted by molar-refractivity contribution is 0.0541. The van der Waals surface area contributed by atoms with Crippen LogP contribution in [0.1, 0.15) is 35.1 Å². The van der Waals surface area contributed by atoms with Crippen LogP contribution >= 0.6 is 0 Å². The molecular formula is C31H36N6O5. The quantitative estimate of drug-likeness (QED) is 0.237. The van der Waals surface area contributed by atoms with Crippen molar-refractivity contribution in [3.05, 3.63) is 93.4 Å². The molecule has 2 heterocycles. The molecule has 0 bridgehead atoms. The summed E-state index contributed by atoms with van der Waals surface area (Å²) < 4.78 is 6.52. The number of phenols is 2. The van der Waals surface area contributed by atoms with Gasteiger partial charge in [0.15, 0.2) is 5.82 Å². The molecule has 5 rings (SSSR count). The van der Waals surface area contributed by atoms with Crippen LogP contribution in [0.2, 0.25) is 0 Å². The van der Waals surface area contributed by atoms with Gasteiger partial charge in [-0.2, -0.15) is 5.10 Å². The molecule has 1 aromatic heterocycles. The van der Waals surface area contributed by atoms with Gasteiger partial charge in [-0.25, -0.2) is 19.3 Å². The van der Waals surface area contributed by atoms with Gasteiger partial charge in [0, 0.05) is 38.8 Å². The van der Waals surface area contributed by atoms with E-state index in [1.165, 1.54) is 21.8 Å². The Morgan fingerprint density at radius 2 is 1.60 bits per heavy atom. The molecule has 1 saturated heterocycles. The summed E-state index contributed by atoms with van der Waals surface area (Å²) in [6, 6.07) is 19.1. The maximum absolute atomic E-state index is 12.6. The summed E-state index contributed by atoms with van der Waals surface area (Å²) in [7, 11) is 2.06. The number of amides is 1. The molecule has 1 fully saturated rings. The molecule has 1 amide bonds. The number of rotatable bonds is 9. The van der Waals surface area contributed by atoms with Crippen LogP contribution in [0.25, 0.3) is 17.1 Å². The number of nitrogens with zero attached hydrogens (tertiary/aromatic N) is 4. The van der Waals surface area contributed by atoms with Gasteiger partial charge in [0.25, 0.3) is 0 Å². The zero-order valence-electron chi connectivity index (χ0n) is 23.8. The Labute approximate surface area is 243 Å². The summed E-state index contributed by atoms with van der Waals surface area (Å²) in [6.07, 6.45) is 0.820. The second kappa shape index (κ2) is 12.5. The Morgan fingerprint density at radius 1 is 1.00 bits per heavy atom. The monoisotopic (exact) mass is 572 g/mol. The summed E-state index contributed by atoms with van der Waals surface area (Å²) in [4.78, 5) is 28.2. The standard InChI is InChI=1S/C31H36N6O5/c1-20-15-26(28(39)16-27(20)38)29-33-34-31(41)37(29)24-9-7-22(8-10-24)18-35(2)17-21-3-5-23(6-4-21)19-36-13-11-25(12-14-36)42-30(32)40/h3-10,15-16,25,38-39H,11-14,17-19H2,1-2H3,(H2,32,40)(H,34,41).